The Hall–Kier alpha value is -4.97. The number of nitrogens with one attached hydrogen (secondary N) is 1. The maximum atomic E-state index is 13.8. The molecule has 0 aliphatic rings. The number of aromatic hydroxyl groups is 1. The molecule has 0 unspecified atom stereocenters. The first kappa shape index (κ1) is 22.8. The maximum Gasteiger partial charge on any atom is 0.219 e. The minimum absolute atomic E-state index is 0.0197. The molecule has 5 rings (SSSR count). The van der Waals surface area contributed by atoms with E-state index in [2.05, 4.69) is 10.2 Å². The van der Waals surface area contributed by atoms with E-state index in [9.17, 15) is 14.7 Å². The van der Waals surface area contributed by atoms with Gasteiger partial charge in [-0.2, -0.15) is 5.10 Å². The van der Waals surface area contributed by atoms with Crippen LogP contribution in [0.25, 0.3) is 11.3 Å². The van der Waals surface area contributed by atoms with Crippen LogP contribution in [0.1, 0.15) is 37.5 Å². The summed E-state index contributed by atoms with van der Waals surface area (Å²) >= 11 is 0. The fraction of sp³-hybridized carbons (Fsp3) is 0.0333. The number of phenolic OH excluding ortho intramolecular Hbond substituents is 1. The third-order valence-electron chi connectivity index (χ3n) is 5.77. The van der Waals surface area contributed by atoms with Crippen molar-refractivity contribution >= 4 is 11.6 Å². The SMILES string of the molecule is O=C(c1[nH]nc(-c2ccccc2)c1C(=O)c1ccccc1)c1c(O)cccc1OCc1ccccc1. The average Bonchev–Trinajstić information content (AvgIpc) is 3.38. The summed E-state index contributed by atoms with van der Waals surface area (Å²) in [7, 11) is 0. The minimum Gasteiger partial charge on any atom is -0.507 e. The average molecular weight is 475 g/mol. The van der Waals surface area contributed by atoms with E-state index in [-0.39, 0.29) is 40.7 Å². The number of rotatable bonds is 8. The van der Waals surface area contributed by atoms with Gasteiger partial charge in [0.2, 0.25) is 5.78 Å². The Morgan fingerprint density at radius 2 is 1.36 bits per heavy atom. The van der Waals surface area contributed by atoms with Gasteiger partial charge < -0.3 is 9.84 Å². The summed E-state index contributed by atoms with van der Waals surface area (Å²) < 4.78 is 5.92. The van der Waals surface area contributed by atoms with E-state index in [1.54, 1.807) is 36.4 Å². The van der Waals surface area contributed by atoms with Crippen molar-refractivity contribution in [3.05, 3.63) is 137 Å². The van der Waals surface area contributed by atoms with Gasteiger partial charge in [0, 0.05) is 11.1 Å². The number of aromatic nitrogens is 2. The Balaban J connectivity index is 1.59. The molecular formula is C30H22N2O4. The number of phenols is 1. The predicted molar refractivity (Wildman–Crippen MR) is 136 cm³/mol. The Bertz CT molecular complexity index is 1510. The number of hydrogen-bond donors (Lipinski definition) is 2. The van der Waals surface area contributed by atoms with Crippen LogP contribution in [0.5, 0.6) is 11.5 Å². The van der Waals surface area contributed by atoms with Crippen molar-refractivity contribution in [2.45, 2.75) is 6.61 Å². The molecule has 0 radical (unpaired) electrons. The number of nitrogens with zero attached hydrogens (tertiary/aromatic N) is 1. The second kappa shape index (κ2) is 10.1. The van der Waals surface area contributed by atoms with Gasteiger partial charge in [-0.25, -0.2) is 0 Å². The molecule has 176 valence electrons. The lowest BCUT2D eigenvalue weighted by molar-refractivity contribution is 0.0997. The van der Waals surface area contributed by atoms with Gasteiger partial charge in [0.1, 0.15) is 35.1 Å². The van der Waals surface area contributed by atoms with Crippen molar-refractivity contribution in [3.8, 4) is 22.8 Å². The Morgan fingerprint density at radius 3 is 2.06 bits per heavy atom. The number of aromatic amines is 1. The highest BCUT2D eigenvalue weighted by Gasteiger charge is 2.30. The Kier molecular flexibility index (Phi) is 6.40. The maximum absolute atomic E-state index is 13.8. The molecule has 0 atom stereocenters. The van der Waals surface area contributed by atoms with Crippen LogP contribution in [0.4, 0.5) is 0 Å². The summed E-state index contributed by atoms with van der Waals surface area (Å²) in [5.74, 6) is -0.990. The molecule has 0 fully saturated rings. The van der Waals surface area contributed by atoms with E-state index >= 15 is 0 Å². The molecule has 0 amide bonds. The summed E-state index contributed by atoms with van der Waals surface area (Å²) in [4.78, 5) is 27.5. The molecule has 0 saturated carbocycles. The predicted octanol–water partition coefficient (Wildman–Crippen LogP) is 5.82. The summed E-state index contributed by atoms with van der Waals surface area (Å²) in [6, 6.07) is 32.0. The Labute approximate surface area is 207 Å². The number of carbonyl (C=O) groups is 2. The standard InChI is InChI=1S/C30H22N2O4/c33-23-17-10-18-24(36-19-20-11-4-1-5-12-20)25(23)30(35)28-26(29(34)22-15-8-3-9-16-22)27(31-32-28)21-13-6-2-7-14-21/h1-18,33H,19H2,(H,31,32). The summed E-state index contributed by atoms with van der Waals surface area (Å²) in [5, 5.41) is 17.8. The van der Waals surface area contributed by atoms with E-state index in [4.69, 9.17) is 4.74 Å². The van der Waals surface area contributed by atoms with Gasteiger partial charge in [-0.15, -0.1) is 0 Å². The third-order valence-corrected chi connectivity index (χ3v) is 5.77. The van der Waals surface area contributed by atoms with Crippen molar-refractivity contribution in [3.63, 3.8) is 0 Å². The van der Waals surface area contributed by atoms with Crippen LogP contribution in [0.3, 0.4) is 0 Å². The largest absolute Gasteiger partial charge is 0.507 e. The topological polar surface area (TPSA) is 92.3 Å². The van der Waals surface area contributed by atoms with Crippen LogP contribution in [0, 0.1) is 0 Å². The summed E-state index contributed by atoms with van der Waals surface area (Å²) in [6.45, 7) is 0.207. The molecule has 4 aromatic carbocycles. The highest BCUT2D eigenvalue weighted by molar-refractivity contribution is 6.22. The van der Waals surface area contributed by atoms with Crippen molar-refractivity contribution in [1.29, 1.82) is 0 Å². The number of ketones is 2. The first-order valence-corrected chi connectivity index (χ1v) is 11.4. The second-order valence-corrected chi connectivity index (χ2v) is 8.14. The molecule has 6 heteroatoms. The van der Waals surface area contributed by atoms with Crippen LogP contribution >= 0.6 is 0 Å². The number of carbonyl (C=O) groups excluding carboxylic acids is 2. The van der Waals surface area contributed by atoms with Crippen molar-refractivity contribution in [2.75, 3.05) is 0 Å². The normalized spacial score (nSPS) is 10.7. The molecule has 1 aromatic heterocycles. The smallest absolute Gasteiger partial charge is 0.219 e. The van der Waals surface area contributed by atoms with E-state index in [1.165, 1.54) is 6.07 Å². The van der Waals surface area contributed by atoms with Crippen molar-refractivity contribution < 1.29 is 19.4 Å². The van der Waals surface area contributed by atoms with Crippen LogP contribution in [0.2, 0.25) is 0 Å². The summed E-state index contributed by atoms with van der Waals surface area (Å²) in [5.41, 5.74) is 2.44. The van der Waals surface area contributed by atoms with Crippen LogP contribution < -0.4 is 4.74 Å². The van der Waals surface area contributed by atoms with Gasteiger partial charge in [-0.1, -0.05) is 97.1 Å². The lowest BCUT2D eigenvalue weighted by Gasteiger charge is -2.13. The van der Waals surface area contributed by atoms with E-state index in [1.807, 2.05) is 66.7 Å². The van der Waals surface area contributed by atoms with Crippen LogP contribution in [-0.4, -0.2) is 26.9 Å². The highest BCUT2D eigenvalue weighted by Crippen LogP contribution is 2.34. The fourth-order valence-corrected chi connectivity index (χ4v) is 3.99. The second-order valence-electron chi connectivity index (χ2n) is 8.14. The van der Waals surface area contributed by atoms with Crippen LogP contribution in [0.15, 0.2) is 109 Å². The molecule has 6 nitrogen and oxygen atoms in total. The zero-order chi connectivity index (χ0) is 24.9. The number of H-pyrrole nitrogens is 1. The quantitative estimate of drug-likeness (QED) is 0.276. The molecule has 5 aromatic rings. The molecule has 0 aliphatic heterocycles. The van der Waals surface area contributed by atoms with Gasteiger partial charge in [-0.3, -0.25) is 14.7 Å². The molecule has 0 bridgehead atoms. The lowest BCUT2D eigenvalue weighted by Crippen LogP contribution is -2.12. The highest BCUT2D eigenvalue weighted by atomic mass is 16.5. The first-order chi connectivity index (χ1) is 17.6. The van der Waals surface area contributed by atoms with E-state index in [0.717, 1.165) is 5.56 Å². The van der Waals surface area contributed by atoms with E-state index in [0.29, 0.717) is 16.8 Å². The third kappa shape index (κ3) is 4.52. The molecule has 0 saturated heterocycles. The summed E-state index contributed by atoms with van der Waals surface area (Å²) in [6.07, 6.45) is 0. The molecule has 1 heterocycles. The van der Waals surface area contributed by atoms with Crippen molar-refractivity contribution in [1.82, 2.24) is 10.2 Å². The van der Waals surface area contributed by atoms with Gasteiger partial charge in [0.05, 0.1) is 5.56 Å². The van der Waals surface area contributed by atoms with Gasteiger partial charge in [0.25, 0.3) is 0 Å². The van der Waals surface area contributed by atoms with E-state index < -0.39 is 5.78 Å². The van der Waals surface area contributed by atoms with Gasteiger partial charge in [-0.05, 0) is 17.7 Å². The number of ether oxygens (including phenoxy) is 1. The number of benzene rings is 4. The van der Waals surface area contributed by atoms with Crippen molar-refractivity contribution in [2.24, 2.45) is 0 Å². The zero-order valence-electron chi connectivity index (χ0n) is 19.2. The monoisotopic (exact) mass is 474 g/mol. The van der Waals surface area contributed by atoms with Crippen LogP contribution in [-0.2, 0) is 6.61 Å². The molecular weight excluding hydrogens is 452 g/mol. The molecule has 36 heavy (non-hydrogen) atoms. The molecule has 0 spiro atoms. The lowest BCUT2D eigenvalue weighted by atomic mass is 9.94. The first-order valence-electron chi connectivity index (χ1n) is 11.4. The van der Waals surface area contributed by atoms with Gasteiger partial charge in [0.15, 0.2) is 5.78 Å². The minimum atomic E-state index is -0.592. The number of hydrogen-bond acceptors (Lipinski definition) is 5. The van der Waals surface area contributed by atoms with Gasteiger partial charge >= 0.3 is 0 Å². The molecule has 2 N–H and O–H groups in total. The Morgan fingerprint density at radius 1 is 0.722 bits per heavy atom. The fourth-order valence-electron chi connectivity index (χ4n) is 3.99. The zero-order valence-corrected chi connectivity index (χ0v) is 19.2. The molecule has 0 aliphatic carbocycles.